The third kappa shape index (κ3) is 2.26. The Hall–Kier alpha value is -1.95. The number of methoxy groups -OCH3 is 1. The molecule has 1 unspecified atom stereocenters. The van der Waals surface area contributed by atoms with Gasteiger partial charge in [-0.1, -0.05) is 0 Å². The van der Waals surface area contributed by atoms with Crippen LogP contribution >= 0.6 is 0 Å². The Balaban J connectivity index is 2.38. The summed E-state index contributed by atoms with van der Waals surface area (Å²) in [5, 5.41) is 7.36. The number of nitrogens with one attached hydrogen (secondary N) is 1. The predicted octanol–water partition coefficient (Wildman–Crippen LogP) is 0.527. The topological polar surface area (TPSA) is 64.9 Å². The summed E-state index contributed by atoms with van der Waals surface area (Å²) in [7, 11) is 5.37. The molecule has 2 heterocycles. The number of aryl methyl sites for hydroxylation is 1. The van der Waals surface area contributed by atoms with E-state index in [0.29, 0.717) is 5.88 Å². The number of rotatable bonds is 4. The van der Waals surface area contributed by atoms with E-state index in [0.717, 1.165) is 11.4 Å². The number of ether oxygens (including phenoxy) is 1. The van der Waals surface area contributed by atoms with Gasteiger partial charge in [0.15, 0.2) is 0 Å². The molecule has 1 atom stereocenters. The number of hydrogen-bond acceptors (Lipinski definition) is 5. The molecule has 2 aromatic rings. The highest BCUT2D eigenvalue weighted by Crippen LogP contribution is 2.20. The van der Waals surface area contributed by atoms with Crippen molar-refractivity contribution < 1.29 is 4.74 Å². The maximum atomic E-state index is 5.10. The van der Waals surface area contributed by atoms with Gasteiger partial charge >= 0.3 is 0 Å². The van der Waals surface area contributed by atoms with E-state index in [4.69, 9.17) is 4.74 Å². The van der Waals surface area contributed by atoms with Crippen LogP contribution in [0.15, 0.2) is 24.7 Å². The molecule has 0 bridgehead atoms. The van der Waals surface area contributed by atoms with E-state index in [1.165, 1.54) is 6.33 Å². The van der Waals surface area contributed by atoms with E-state index >= 15 is 0 Å². The Morgan fingerprint density at radius 1 is 1.41 bits per heavy atom. The van der Waals surface area contributed by atoms with Gasteiger partial charge in [-0.25, -0.2) is 9.97 Å². The molecule has 0 aliphatic carbocycles. The molecule has 0 aliphatic rings. The largest absolute Gasteiger partial charge is 0.481 e. The fraction of sp³-hybridized carbons (Fsp3) is 0.364. The molecule has 0 saturated heterocycles. The molecule has 2 aromatic heterocycles. The number of hydrogen-bond donors (Lipinski definition) is 1. The summed E-state index contributed by atoms with van der Waals surface area (Å²) in [4.78, 5) is 8.26. The molecule has 0 aliphatic heterocycles. The first-order valence-electron chi connectivity index (χ1n) is 5.27. The highest BCUT2D eigenvalue weighted by Gasteiger charge is 2.17. The van der Waals surface area contributed by atoms with Gasteiger partial charge in [0, 0.05) is 19.3 Å². The third-order valence-corrected chi connectivity index (χ3v) is 2.61. The van der Waals surface area contributed by atoms with Gasteiger partial charge in [-0.2, -0.15) is 5.10 Å². The van der Waals surface area contributed by atoms with Gasteiger partial charge in [0.05, 0.1) is 24.5 Å². The minimum atomic E-state index is -0.0283. The molecule has 1 N–H and O–H groups in total. The van der Waals surface area contributed by atoms with Crippen LogP contribution in [0, 0.1) is 0 Å². The van der Waals surface area contributed by atoms with Crippen LogP contribution in [0.2, 0.25) is 0 Å². The van der Waals surface area contributed by atoms with Crippen LogP contribution in [0.4, 0.5) is 0 Å². The lowest BCUT2D eigenvalue weighted by molar-refractivity contribution is 0.395. The number of nitrogens with zero attached hydrogens (tertiary/aromatic N) is 4. The second kappa shape index (κ2) is 4.92. The van der Waals surface area contributed by atoms with E-state index in [1.807, 2.05) is 30.9 Å². The van der Waals surface area contributed by atoms with Crippen molar-refractivity contribution in [3.8, 4) is 5.88 Å². The highest BCUT2D eigenvalue weighted by molar-refractivity contribution is 5.24. The first kappa shape index (κ1) is 11.5. The molecule has 6 nitrogen and oxygen atoms in total. The van der Waals surface area contributed by atoms with E-state index in [1.54, 1.807) is 13.3 Å². The van der Waals surface area contributed by atoms with Crippen molar-refractivity contribution in [2.45, 2.75) is 6.04 Å². The lowest BCUT2D eigenvalue weighted by atomic mass is 10.1. The molecule has 0 amide bonds. The van der Waals surface area contributed by atoms with Crippen molar-refractivity contribution in [2.75, 3.05) is 14.2 Å². The van der Waals surface area contributed by atoms with E-state index in [9.17, 15) is 0 Å². The second-order valence-electron chi connectivity index (χ2n) is 3.59. The first-order chi connectivity index (χ1) is 8.26. The van der Waals surface area contributed by atoms with Crippen LogP contribution < -0.4 is 10.1 Å². The van der Waals surface area contributed by atoms with Crippen molar-refractivity contribution in [3.05, 3.63) is 36.0 Å². The monoisotopic (exact) mass is 233 g/mol. The van der Waals surface area contributed by atoms with Crippen LogP contribution in [-0.4, -0.2) is 33.9 Å². The summed E-state index contributed by atoms with van der Waals surface area (Å²) in [5.74, 6) is 0.553. The molecule has 17 heavy (non-hydrogen) atoms. The van der Waals surface area contributed by atoms with Gasteiger partial charge in [0.1, 0.15) is 6.33 Å². The van der Waals surface area contributed by atoms with Crippen molar-refractivity contribution in [2.24, 2.45) is 7.05 Å². The van der Waals surface area contributed by atoms with Gasteiger partial charge < -0.3 is 10.1 Å². The summed E-state index contributed by atoms with van der Waals surface area (Å²) in [6.45, 7) is 0. The fourth-order valence-electron chi connectivity index (χ4n) is 1.74. The Kier molecular flexibility index (Phi) is 3.34. The standard InChI is InChI=1S/C11H15N5O/c1-12-11(9-4-5-15-16(9)2)8-6-10(17-3)14-7-13-8/h4-7,11-12H,1-3H3. The molecule has 0 spiro atoms. The quantitative estimate of drug-likeness (QED) is 0.834. The molecule has 0 radical (unpaired) electrons. The van der Waals surface area contributed by atoms with Crippen LogP contribution in [0.5, 0.6) is 5.88 Å². The third-order valence-electron chi connectivity index (χ3n) is 2.61. The van der Waals surface area contributed by atoms with Crippen molar-refractivity contribution in [3.63, 3.8) is 0 Å². The van der Waals surface area contributed by atoms with Gasteiger partial charge in [0.25, 0.3) is 0 Å². The van der Waals surface area contributed by atoms with Crippen molar-refractivity contribution in [1.29, 1.82) is 0 Å². The Bertz CT molecular complexity index is 496. The van der Waals surface area contributed by atoms with Crippen LogP contribution in [0.25, 0.3) is 0 Å². The average Bonchev–Trinajstić information content (AvgIpc) is 2.77. The van der Waals surface area contributed by atoms with Gasteiger partial charge in [-0.15, -0.1) is 0 Å². The molecule has 90 valence electrons. The Labute approximate surface area is 99.7 Å². The van der Waals surface area contributed by atoms with Crippen LogP contribution in [0.1, 0.15) is 17.4 Å². The zero-order valence-electron chi connectivity index (χ0n) is 10.1. The predicted molar refractivity (Wildman–Crippen MR) is 62.7 cm³/mol. The zero-order chi connectivity index (χ0) is 12.3. The zero-order valence-corrected chi connectivity index (χ0v) is 10.1. The van der Waals surface area contributed by atoms with Gasteiger partial charge in [-0.3, -0.25) is 4.68 Å². The smallest absolute Gasteiger partial charge is 0.216 e. The minimum absolute atomic E-state index is 0.0283. The SMILES string of the molecule is CNC(c1cc(OC)ncn1)c1ccnn1C. The molecule has 0 aromatic carbocycles. The summed E-state index contributed by atoms with van der Waals surface area (Å²) in [5.41, 5.74) is 1.89. The Morgan fingerprint density at radius 2 is 2.24 bits per heavy atom. The normalized spacial score (nSPS) is 12.4. The second-order valence-corrected chi connectivity index (χ2v) is 3.59. The lowest BCUT2D eigenvalue weighted by Gasteiger charge is -2.16. The first-order valence-corrected chi connectivity index (χ1v) is 5.27. The molecule has 0 fully saturated rings. The van der Waals surface area contributed by atoms with Crippen molar-refractivity contribution >= 4 is 0 Å². The molecular weight excluding hydrogens is 218 g/mol. The summed E-state index contributed by atoms with van der Waals surface area (Å²) in [6.07, 6.45) is 3.26. The minimum Gasteiger partial charge on any atom is -0.481 e. The molecule has 6 heteroatoms. The number of aromatic nitrogens is 4. The fourth-order valence-corrected chi connectivity index (χ4v) is 1.74. The maximum absolute atomic E-state index is 5.10. The van der Waals surface area contributed by atoms with Crippen LogP contribution in [-0.2, 0) is 7.05 Å². The summed E-state index contributed by atoms with van der Waals surface area (Å²) in [6, 6.07) is 3.74. The lowest BCUT2D eigenvalue weighted by Crippen LogP contribution is -2.21. The molecular formula is C11H15N5O. The molecule has 2 rings (SSSR count). The van der Waals surface area contributed by atoms with Crippen LogP contribution in [0.3, 0.4) is 0 Å². The van der Waals surface area contributed by atoms with Gasteiger partial charge in [-0.05, 0) is 13.1 Å². The highest BCUT2D eigenvalue weighted by atomic mass is 16.5. The maximum Gasteiger partial charge on any atom is 0.216 e. The van der Waals surface area contributed by atoms with Gasteiger partial charge in [0.2, 0.25) is 5.88 Å². The Morgan fingerprint density at radius 3 is 2.82 bits per heavy atom. The summed E-state index contributed by atoms with van der Waals surface area (Å²) >= 11 is 0. The van der Waals surface area contributed by atoms with E-state index in [-0.39, 0.29) is 6.04 Å². The average molecular weight is 233 g/mol. The molecule has 0 saturated carbocycles. The van der Waals surface area contributed by atoms with E-state index < -0.39 is 0 Å². The summed E-state index contributed by atoms with van der Waals surface area (Å²) < 4.78 is 6.91. The van der Waals surface area contributed by atoms with E-state index in [2.05, 4.69) is 20.4 Å². The van der Waals surface area contributed by atoms with Crippen molar-refractivity contribution in [1.82, 2.24) is 25.1 Å².